The number of hydrogen-bond donors (Lipinski definition) is 2. The van der Waals surface area contributed by atoms with Crippen molar-refractivity contribution < 1.29 is 14.3 Å². The Morgan fingerprint density at radius 2 is 1.86 bits per heavy atom. The molecular weight excluding hydrogens is 492 g/mol. The topological polar surface area (TPSA) is 104 Å². The molecule has 0 bridgehead atoms. The zero-order valence-corrected chi connectivity index (χ0v) is 21.4. The monoisotopic (exact) mass is 516 g/mol. The average Bonchev–Trinajstić information content (AvgIpc) is 3.42. The second-order valence-electron chi connectivity index (χ2n) is 7.95. The Labute approximate surface area is 217 Å². The van der Waals surface area contributed by atoms with E-state index in [1.807, 2.05) is 59.3 Å². The fourth-order valence-electron chi connectivity index (χ4n) is 3.99. The molecule has 2 aromatic carbocycles. The van der Waals surface area contributed by atoms with Crippen LogP contribution in [0.5, 0.6) is 5.75 Å². The quantitative estimate of drug-likeness (QED) is 0.421. The summed E-state index contributed by atoms with van der Waals surface area (Å²) >= 11 is 2.71. The van der Waals surface area contributed by atoms with Gasteiger partial charge >= 0.3 is 0 Å². The van der Waals surface area contributed by atoms with Crippen molar-refractivity contribution in [1.82, 2.24) is 0 Å². The molecule has 182 valence electrons. The van der Waals surface area contributed by atoms with Gasteiger partial charge in [0.2, 0.25) is 5.91 Å². The summed E-state index contributed by atoms with van der Waals surface area (Å²) in [4.78, 5) is 30.7. The van der Waals surface area contributed by atoms with Crippen molar-refractivity contribution in [3.8, 4) is 11.8 Å². The molecule has 0 spiro atoms. The summed E-state index contributed by atoms with van der Waals surface area (Å²) in [6.45, 7) is 1.77. The van der Waals surface area contributed by atoms with Gasteiger partial charge in [0.15, 0.2) is 0 Å². The number of carbonyl (C=O) groups is 2. The number of anilines is 2. The number of nitrogens with zero attached hydrogens (tertiary/aromatic N) is 2. The lowest BCUT2D eigenvalue weighted by atomic mass is 9.79. The molecule has 3 aromatic rings. The molecule has 2 atom stereocenters. The summed E-state index contributed by atoms with van der Waals surface area (Å²) in [6, 6.07) is 20.6. The molecule has 2 heterocycles. The predicted molar refractivity (Wildman–Crippen MR) is 145 cm³/mol. The Morgan fingerprint density at radius 1 is 1.11 bits per heavy atom. The van der Waals surface area contributed by atoms with E-state index in [2.05, 4.69) is 21.7 Å². The van der Waals surface area contributed by atoms with Gasteiger partial charge in [0, 0.05) is 22.9 Å². The molecule has 2 N–H and O–H groups in total. The lowest BCUT2D eigenvalue weighted by Gasteiger charge is -2.29. The second-order valence-corrected chi connectivity index (χ2v) is 9.72. The van der Waals surface area contributed by atoms with Crippen LogP contribution >= 0.6 is 23.1 Å². The minimum absolute atomic E-state index is 0.0598. The van der Waals surface area contributed by atoms with Gasteiger partial charge in [-0.15, -0.1) is 0 Å². The van der Waals surface area contributed by atoms with Crippen LogP contribution in [0.1, 0.15) is 18.4 Å². The number of thiophene rings is 1. The smallest absolute Gasteiger partial charge is 0.254 e. The first-order valence-corrected chi connectivity index (χ1v) is 13.1. The number of amides is 2. The summed E-state index contributed by atoms with van der Waals surface area (Å²) in [5.74, 6) is -1.12. The van der Waals surface area contributed by atoms with Crippen LogP contribution in [-0.4, -0.2) is 29.7 Å². The number of nitriles is 1. The van der Waals surface area contributed by atoms with E-state index in [1.54, 1.807) is 26.2 Å². The molecule has 36 heavy (non-hydrogen) atoms. The van der Waals surface area contributed by atoms with Gasteiger partial charge < -0.3 is 15.4 Å². The summed E-state index contributed by atoms with van der Waals surface area (Å²) in [5, 5.41) is 20.3. The SMILES string of the molecule is COc1ccccc1NC(=O)CSC1=NC(C)=C(C(=O)Nc2ccccc2)C(c2ccsc2)C1C#N. The first-order valence-electron chi connectivity index (χ1n) is 11.1. The largest absolute Gasteiger partial charge is 0.495 e. The highest BCUT2D eigenvalue weighted by Gasteiger charge is 2.39. The van der Waals surface area contributed by atoms with Gasteiger partial charge in [-0.05, 0) is 53.6 Å². The molecule has 0 radical (unpaired) electrons. The molecule has 7 nitrogen and oxygen atoms in total. The molecule has 2 unspecified atom stereocenters. The predicted octanol–water partition coefficient (Wildman–Crippen LogP) is 5.68. The standard InChI is InChI=1S/C27H24N4O3S2/c1-17-24(26(33)30-19-8-4-3-5-9-19)25(18-12-13-35-15-18)20(14-28)27(29-17)36-16-23(32)31-21-10-6-7-11-22(21)34-2/h3-13,15,20,25H,16H2,1-2H3,(H,30,33)(H,31,32). The average molecular weight is 517 g/mol. The van der Waals surface area contributed by atoms with E-state index in [4.69, 9.17) is 4.74 Å². The first kappa shape index (κ1) is 25.2. The highest BCUT2D eigenvalue weighted by atomic mass is 32.2. The maximum atomic E-state index is 13.4. The molecule has 0 saturated carbocycles. The normalized spacial score (nSPS) is 17.1. The van der Waals surface area contributed by atoms with Crippen LogP contribution in [-0.2, 0) is 9.59 Å². The van der Waals surface area contributed by atoms with Gasteiger partial charge in [0.1, 0.15) is 11.7 Å². The van der Waals surface area contributed by atoms with Crippen molar-refractivity contribution in [2.75, 3.05) is 23.5 Å². The van der Waals surface area contributed by atoms with E-state index < -0.39 is 11.8 Å². The minimum atomic E-state index is -0.705. The van der Waals surface area contributed by atoms with Gasteiger partial charge in [-0.3, -0.25) is 9.59 Å². The molecule has 0 aliphatic carbocycles. The molecular formula is C27H24N4O3S2. The lowest BCUT2D eigenvalue weighted by Crippen LogP contribution is -2.31. The minimum Gasteiger partial charge on any atom is -0.495 e. The lowest BCUT2D eigenvalue weighted by molar-refractivity contribution is -0.114. The van der Waals surface area contributed by atoms with Crippen molar-refractivity contribution in [3.63, 3.8) is 0 Å². The van der Waals surface area contributed by atoms with Crippen molar-refractivity contribution >= 4 is 51.3 Å². The first-order chi connectivity index (χ1) is 17.5. The van der Waals surface area contributed by atoms with Crippen molar-refractivity contribution in [1.29, 1.82) is 5.26 Å². The molecule has 1 aromatic heterocycles. The number of thioether (sulfide) groups is 1. The molecule has 0 fully saturated rings. The third kappa shape index (κ3) is 5.67. The van der Waals surface area contributed by atoms with E-state index >= 15 is 0 Å². The van der Waals surface area contributed by atoms with Crippen LogP contribution in [0.25, 0.3) is 0 Å². The number of methoxy groups -OCH3 is 1. The van der Waals surface area contributed by atoms with Crippen LogP contribution in [0.4, 0.5) is 11.4 Å². The molecule has 1 aliphatic heterocycles. The van der Waals surface area contributed by atoms with Gasteiger partial charge in [0.25, 0.3) is 5.91 Å². The van der Waals surface area contributed by atoms with Gasteiger partial charge in [0.05, 0.1) is 29.7 Å². The summed E-state index contributed by atoms with van der Waals surface area (Å²) in [5.41, 5.74) is 3.08. The fourth-order valence-corrected chi connectivity index (χ4v) is 5.61. The number of nitrogens with one attached hydrogen (secondary N) is 2. The van der Waals surface area contributed by atoms with E-state index in [0.29, 0.717) is 33.4 Å². The third-order valence-corrected chi connectivity index (χ3v) is 7.38. The highest BCUT2D eigenvalue weighted by molar-refractivity contribution is 8.14. The summed E-state index contributed by atoms with van der Waals surface area (Å²) < 4.78 is 5.29. The Balaban J connectivity index is 1.58. The number of carbonyl (C=O) groups excluding carboxylic acids is 2. The van der Waals surface area contributed by atoms with Crippen LogP contribution in [0.3, 0.4) is 0 Å². The molecule has 1 aliphatic rings. The number of allylic oxidation sites excluding steroid dienone is 1. The third-order valence-electron chi connectivity index (χ3n) is 5.63. The van der Waals surface area contributed by atoms with Crippen LogP contribution < -0.4 is 15.4 Å². The Kier molecular flexibility index (Phi) is 8.21. The maximum absolute atomic E-state index is 13.4. The molecule has 4 rings (SSSR count). The zero-order chi connectivity index (χ0) is 25.5. The van der Waals surface area contributed by atoms with Crippen molar-refractivity contribution in [2.45, 2.75) is 12.8 Å². The van der Waals surface area contributed by atoms with Gasteiger partial charge in [-0.2, -0.15) is 16.6 Å². The van der Waals surface area contributed by atoms with E-state index in [1.165, 1.54) is 23.1 Å². The summed E-state index contributed by atoms with van der Waals surface area (Å²) in [6.07, 6.45) is 0. The Morgan fingerprint density at radius 3 is 2.56 bits per heavy atom. The van der Waals surface area contributed by atoms with Crippen LogP contribution in [0.15, 0.2) is 87.7 Å². The van der Waals surface area contributed by atoms with Crippen LogP contribution in [0, 0.1) is 17.2 Å². The summed E-state index contributed by atoms with van der Waals surface area (Å²) in [7, 11) is 1.54. The van der Waals surface area contributed by atoms with Gasteiger partial charge in [-0.25, -0.2) is 4.99 Å². The number of benzene rings is 2. The molecule has 0 saturated heterocycles. The highest BCUT2D eigenvalue weighted by Crippen LogP contribution is 2.42. The van der Waals surface area contributed by atoms with Crippen molar-refractivity contribution in [2.24, 2.45) is 10.9 Å². The second kappa shape index (κ2) is 11.7. The van der Waals surface area contributed by atoms with E-state index in [0.717, 1.165) is 5.56 Å². The Hall–Kier alpha value is -3.87. The number of aliphatic imine (C=N–C) groups is 1. The maximum Gasteiger partial charge on any atom is 0.254 e. The molecule has 2 amide bonds. The zero-order valence-electron chi connectivity index (χ0n) is 19.7. The van der Waals surface area contributed by atoms with Crippen LogP contribution in [0.2, 0.25) is 0 Å². The molecule has 9 heteroatoms. The number of para-hydroxylation sites is 3. The number of ether oxygens (including phenoxy) is 1. The van der Waals surface area contributed by atoms with Gasteiger partial charge in [-0.1, -0.05) is 42.1 Å². The fraction of sp³-hybridized carbons (Fsp3) is 0.185. The number of hydrogen-bond acceptors (Lipinski definition) is 7. The Bertz CT molecular complexity index is 1340. The van der Waals surface area contributed by atoms with E-state index in [9.17, 15) is 14.9 Å². The van der Waals surface area contributed by atoms with Crippen molar-refractivity contribution in [3.05, 3.63) is 88.3 Å². The number of rotatable bonds is 7. The van der Waals surface area contributed by atoms with E-state index in [-0.39, 0.29) is 17.6 Å².